The van der Waals surface area contributed by atoms with Gasteiger partial charge in [-0.2, -0.15) is 5.10 Å². The number of carbonyl (C=O) groups is 2. The van der Waals surface area contributed by atoms with Crippen molar-refractivity contribution in [2.75, 3.05) is 6.54 Å². The topological polar surface area (TPSA) is 110 Å². The molecule has 0 bridgehead atoms. The van der Waals surface area contributed by atoms with Gasteiger partial charge in [-0.3, -0.25) is 14.0 Å². The molecule has 10 heteroatoms. The SMILES string of the molecule is CCc1nc2ncc(C)cn2c1C(=O)NCc1ccc(-c2nc3n(n2)CCN(C(C)=O)C3)cc1. The maximum Gasteiger partial charge on any atom is 0.270 e. The van der Waals surface area contributed by atoms with Crippen LogP contribution in [-0.2, 0) is 30.8 Å². The molecule has 1 N–H and O–H groups in total. The molecule has 4 aromatic rings. The second kappa shape index (κ2) is 8.69. The minimum Gasteiger partial charge on any atom is -0.347 e. The first-order valence-corrected chi connectivity index (χ1v) is 11.3. The quantitative estimate of drug-likeness (QED) is 0.491. The van der Waals surface area contributed by atoms with E-state index in [9.17, 15) is 9.59 Å². The zero-order chi connectivity index (χ0) is 23.8. The lowest BCUT2D eigenvalue weighted by molar-refractivity contribution is -0.130. The molecular formula is C24H26N8O2. The summed E-state index contributed by atoms with van der Waals surface area (Å²) in [6, 6.07) is 7.81. The van der Waals surface area contributed by atoms with Crippen molar-refractivity contribution in [1.29, 1.82) is 0 Å². The van der Waals surface area contributed by atoms with E-state index in [0.717, 1.165) is 28.2 Å². The van der Waals surface area contributed by atoms with E-state index in [1.54, 1.807) is 22.4 Å². The summed E-state index contributed by atoms with van der Waals surface area (Å²) in [4.78, 5) is 39.9. The number of amides is 2. The Bertz CT molecular complexity index is 1390. The van der Waals surface area contributed by atoms with Gasteiger partial charge in [-0.1, -0.05) is 31.2 Å². The average Bonchev–Trinajstić information content (AvgIpc) is 3.43. The molecule has 1 aliphatic rings. The van der Waals surface area contributed by atoms with E-state index >= 15 is 0 Å². The normalized spacial score (nSPS) is 13.2. The zero-order valence-electron chi connectivity index (χ0n) is 19.4. The third-order valence-electron chi connectivity index (χ3n) is 6.00. The highest BCUT2D eigenvalue weighted by Gasteiger charge is 2.22. The summed E-state index contributed by atoms with van der Waals surface area (Å²) >= 11 is 0. The van der Waals surface area contributed by atoms with Crippen LogP contribution in [0.1, 0.15) is 47.0 Å². The number of nitrogens with one attached hydrogen (secondary N) is 1. The molecule has 0 saturated heterocycles. The summed E-state index contributed by atoms with van der Waals surface area (Å²) in [5, 5.41) is 7.59. The van der Waals surface area contributed by atoms with Gasteiger partial charge in [0.2, 0.25) is 11.7 Å². The van der Waals surface area contributed by atoms with E-state index in [2.05, 4.69) is 25.4 Å². The summed E-state index contributed by atoms with van der Waals surface area (Å²) < 4.78 is 3.62. The van der Waals surface area contributed by atoms with Gasteiger partial charge in [-0.15, -0.1) is 0 Å². The minimum atomic E-state index is -0.181. The third-order valence-corrected chi connectivity index (χ3v) is 6.00. The van der Waals surface area contributed by atoms with Crippen LogP contribution in [0.25, 0.3) is 17.2 Å². The summed E-state index contributed by atoms with van der Waals surface area (Å²) in [5.74, 6) is 1.82. The molecule has 0 fully saturated rings. The smallest absolute Gasteiger partial charge is 0.270 e. The van der Waals surface area contributed by atoms with Crippen molar-refractivity contribution in [3.05, 3.63) is 65.0 Å². The van der Waals surface area contributed by atoms with E-state index in [-0.39, 0.29) is 11.8 Å². The number of hydrogen-bond acceptors (Lipinski definition) is 6. The van der Waals surface area contributed by atoms with E-state index < -0.39 is 0 Å². The Balaban J connectivity index is 1.29. The number of aryl methyl sites for hydroxylation is 2. The first-order chi connectivity index (χ1) is 16.4. The van der Waals surface area contributed by atoms with Crippen LogP contribution < -0.4 is 5.32 Å². The predicted octanol–water partition coefficient (Wildman–Crippen LogP) is 2.15. The third kappa shape index (κ3) is 4.02. The van der Waals surface area contributed by atoms with Crippen molar-refractivity contribution in [3.63, 3.8) is 0 Å². The van der Waals surface area contributed by atoms with Crippen LogP contribution >= 0.6 is 0 Å². The van der Waals surface area contributed by atoms with Gasteiger partial charge >= 0.3 is 0 Å². The Labute approximate surface area is 196 Å². The fourth-order valence-electron chi connectivity index (χ4n) is 4.13. The van der Waals surface area contributed by atoms with Gasteiger partial charge in [0.1, 0.15) is 11.5 Å². The van der Waals surface area contributed by atoms with Crippen LogP contribution in [0.5, 0.6) is 0 Å². The van der Waals surface area contributed by atoms with Crippen LogP contribution in [0, 0.1) is 6.92 Å². The van der Waals surface area contributed by atoms with Gasteiger partial charge in [0.05, 0.1) is 18.8 Å². The second-order valence-corrected chi connectivity index (χ2v) is 8.46. The first-order valence-electron chi connectivity index (χ1n) is 11.3. The highest BCUT2D eigenvalue weighted by Crippen LogP contribution is 2.20. The van der Waals surface area contributed by atoms with Gasteiger partial charge < -0.3 is 10.2 Å². The molecule has 5 rings (SSSR count). The molecule has 0 aliphatic carbocycles. The maximum absolute atomic E-state index is 13.0. The van der Waals surface area contributed by atoms with Gasteiger partial charge in [-0.25, -0.2) is 19.6 Å². The Morgan fingerprint density at radius 2 is 1.91 bits per heavy atom. The van der Waals surface area contributed by atoms with Crippen molar-refractivity contribution >= 4 is 17.6 Å². The van der Waals surface area contributed by atoms with E-state index in [4.69, 9.17) is 0 Å². The van der Waals surface area contributed by atoms with E-state index in [1.165, 1.54) is 0 Å². The molecule has 0 spiro atoms. The lowest BCUT2D eigenvalue weighted by Crippen LogP contribution is -2.37. The lowest BCUT2D eigenvalue weighted by atomic mass is 10.1. The number of benzene rings is 1. The molecule has 0 saturated carbocycles. The molecule has 10 nitrogen and oxygen atoms in total. The average molecular weight is 459 g/mol. The molecule has 1 aliphatic heterocycles. The van der Waals surface area contributed by atoms with Crippen LogP contribution in [-0.4, -0.2) is 52.4 Å². The first kappa shape index (κ1) is 21.7. The van der Waals surface area contributed by atoms with Crippen molar-refractivity contribution in [3.8, 4) is 11.4 Å². The summed E-state index contributed by atoms with van der Waals surface area (Å²) in [6.07, 6.45) is 4.27. The number of hydrogen-bond donors (Lipinski definition) is 1. The highest BCUT2D eigenvalue weighted by atomic mass is 16.2. The van der Waals surface area contributed by atoms with Crippen LogP contribution in [0.3, 0.4) is 0 Å². The van der Waals surface area contributed by atoms with Gasteiger partial charge in [0.15, 0.2) is 5.82 Å². The number of carbonyl (C=O) groups excluding carboxylic acids is 2. The highest BCUT2D eigenvalue weighted by molar-refractivity contribution is 5.94. The molecule has 4 heterocycles. The van der Waals surface area contributed by atoms with Gasteiger partial charge in [0, 0.05) is 38.0 Å². The molecular weight excluding hydrogens is 432 g/mol. The number of imidazole rings is 1. The molecule has 0 radical (unpaired) electrons. The Morgan fingerprint density at radius 1 is 1.12 bits per heavy atom. The van der Waals surface area contributed by atoms with Crippen LogP contribution in [0.4, 0.5) is 0 Å². The van der Waals surface area contributed by atoms with Crippen LogP contribution in [0.15, 0.2) is 36.7 Å². The summed E-state index contributed by atoms with van der Waals surface area (Å²) in [7, 11) is 0. The fourth-order valence-corrected chi connectivity index (χ4v) is 4.13. The Kier molecular flexibility index (Phi) is 5.56. The lowest BCUT2D eigenvalue weighted by Gasteiger charge is -2.25. The van der Waals surface area contributed by atoms with Crippen molar-refractivity contribution < 1.29 is 9.59 Å². The number of fused-ring (bicyclic) bond motifs is 2. The number of aromatic nitrogens is 6. The Morgan fingerprint density at radius 3 is 2.65 bits per heavy atom. The molecule has 0 atom stereocenters. The van der Waals surface area contributed by atoms with Crippen molar-refractivity contribution in [1.82, 2.24) is 39.3 Å². The van der Waals surface area contributed by atoms with Crippen LogP contribution in [0.2, 0.25) is 0 Å². The van der Waals surface area contributed by atoms with E-state index in [1.807, 2.05) is 49.0 Å². The maximum atomic E-state index is 13.0. The monoisotopic (exact) mass is 458 g/mol. The standard InChI is InChI=1S/C24H26N8O2/c1-4-19-21(31-13-15(2)11-26-24(31)27-19)23(34)25-12-17-5-7-18(8-6-17)22-28-20-14-30(16(3)33)9-10-32(20)29-22/h5-8,11,13H,4,9-10,12,14H2,1-3H3,(H,25,34). The van der Waals surface area contributed by atoms with E-state index in [0.29, 0.717) is 49.9 Å². The van der Waals surface area contributed by atoms with Gasteiger partial charge in [0.25, 0.3) is 5.91 Å². The fraction of sp³-hybridized carbons (Fsp3) is 0.333. The van der Waals surface area contributed by atoms with Crippen molar-refractivity contribution in [2.24, 2.45) is 0 Å². The number of rotatable bonds is 5. The second-order valence-electron chi connectivity index (χ2n) is 8.46. The van der Waals surface area contributed by atoms with Crippen molar-refractivity contribution in [2.45, 2.75) is 46.8 Å². The summed E-state index contributed by atoms with van der Waals surface area (Å²) in [5.41, 5.74) is 4.07. The molecule has 34 heavy (non-hydrogen) atoms. The molecule has 3 aromatic heterocycles. The minimum absolute atomic E-state index is 0.0450. The van der Waals surface area contributed by atoms with Gasteiger partial charge in [-0.05, 0) is 24.5 Å². The molecule has 2 amide bonds. The summed E-state index contributed by atoms with van der Waals surface area (Å²) in [6.45, 7) is 7.63. The largest absolute Gasteiger partial charge is 0.347 e. The Hall–Kier alpha value is -4.08. The number of nitrogens with zero attached hydrogens (tertiary/aromatic N) is 7. The molecule has 174 valence electrons. The molecule has 0 unspecified atom stereocenters. The zero-order valence-corrected chi connectivity index (χ0v) is 19.4. The molecule has 1 aromatic carbocycles. The predicted molar refractivity (Wildman–Crippen MR) is 125 cm³/mol.